The second-order valence-corrected chi connectivity index (χ2v) is 5.56. The third-order valence-corrected chi connectivity index (χ3v) is 3.03. The molecule has 0 saturated heterocycles. The average Bonchev–Trinajstić information content (AvgIpc) is 2.78. The summed E-state index contributed by atoms with van der Waals surface area (Å²) < 4.78 is 2.19. The number of hydrogen-bond donors (Lipinski definition) is 1. The standard InChI is InChI=1S/C15H21N3/c1-15(2,3)14-10-17-11-18(14)13-8-6-5-7-12(13)9-16-4/h5-8,10-11,16H,9H2,1-4H3. The summed E-state index contributed by atoms with van der Waals surface area (Å²) >= 11 is 0. The van der Waals surface area contributed by atoms with Crippen molar-refractivity contribution in [3.63, 3.8) is 0 Å². The lowest BCUT2D eigenvalue weighted by molar-refractivity contribution is 0.556. The van der Waals surface area contributed by atoms with Gasteiger partial charge in [-0.2, -0.15) is 0 Å². The molecule has 0 fully saturated rings. The van der Waals surface area contributed by atoms with Crippen LogP contribution in [0.5, 0.6) is 0 Å². The molecule has 0 radical (unpaired) electrons. The summed E-state index contributed by atoms with van der Waals surface area (Å²) in [5, 5.41) is 3.21. The SMILES string of the molecule is CNCc1ccccc1-n1cncc1C(C)(C)C. The van der Waals surface area contributed by atoms with Gasteiger partial charge in [0.2, 0.25) is 0 Å². The normalized spacial score (nSPS) is 11.8. The lowest BCUT2D eigenvalue weighted by Crippen LogP contribution is -2.18. The highest BCUT2D eigenvalue weighted by Gasteiger charge is 2.20. The van der Waals surface area contributed by atoms with Gasteiger partial charge in [-0.25, -0.2) is 4.98 Å². The molecule has 1 N–H and O–H groups in total. The van der Waals surface area contributed by atoms with Crippen LogP contribution in [-0.2, 0) is 12.0 Å². The fourth-order valence-corrected chi connectivity index (χ4v) is 2.13. The summed E-state index contributed by atoms with van der Waals surface area (Å²) in [4.78, 5) is 4.31. The Kier molecular flexibility index (Phi) is 3.53. The van der Waals surface area contributed by atoms with Gasteiger partial charge in [-0.05, 0) is 18.7 Å². The third-order valence-electron chi connectivity index (χ3n) is 3.03. The number of hydrogen-bond acceptors (Lipinski definition) is 2. The predicted octanol–water partition coefficient (Wildman–Crippen LogP) is 2.89. The third kappa shape index (κ3) is 2.46. The van der Waals surface area contributed by atoms with Crippen LogP contribution >= 0.6 is 0 Å². The Bertz CT molecular complexity index is 521. The first-order valence-corrected chi connectivity index (χ1v) is 6.29. The Balaban J connectivity index is 2.53. The molecule has 0 unspecified atom stereocenters. The first kappa shape index (κ1) is 12.8. The molecule has 18 heavy (non-hydrogen) atoms. The molecule has 1 aromatic heterocycles. The minimum absolute atomic E-state index is 0.0866. The van der Waals surface area contributed by atoms with E-state index in [9.17, 15) is 0 Å². The molecule has 0 aliphatic carbocycles. The summed E-state index contributed by atoms with van der Waals surface area (Å²) in [6.45, 7) is 7.49. The molecule has 0 spiro atoms. The molecular formula is C15H21N3. The van der Waals surface area contributed by atoms with E-state index in [1.54, 1.807) is 0 Å². The van der Waals surface area contributed by atoms with Crippen LogP contribution in [0, 0.1) is 0 Å². The Morgan fingerprint density at radius 3 is 2.61 bits per heavy atom. The average molecular weight is 243 g/mol. The van der Waals surface area contributed by atoms with Crippen LogP contribution in [0.2, 0.25) is 0 Å². The Hall–Kier alpha value is -1.61. The van der Waals surface area contributed by atoms with E-state index in [2.05, 4.69) is 59.9 Å². The van der Waals surface area contributed by atoms with Gasteiger partial charge in [0.1, 0.15) is 0 Å². The van der Waals surface area contributed by atoms with Gasteiger partial charge >= 0.3 is 0 Å². The van der Waals surface area contributed by atoms with Gasteiger partial charge in [-0.15, -0.1) is 0 Å². The maximum Gasteiger partial charge on any atom is 0.0994 e. The Morgan fingerprint density at radius 2 is 1.94 bits per heavy atom. The first-order valence-electron chi connectivity index (χ1n) is 6.29. The predicted molar refractivity (Wildman–Crippen MR) is 75.0 cm³/mol. The van der Waals surface area contributed by atoms with Crippen LogP contribution in [0.1, 0.15) is 32.0 Å². The van der Waals surface area contributed by atoms with Crippen molar-refractivity contribution < 1.29 is 0 Å². The minimum atomic E-state index is 0.0866. The molecule has 0 saturated carbocycles. The van der Waals surface area contributed by atoms with Crippen molar-refractivity contribution in [2.45, 2.75) is 32.7 Å². The van der Waals surface area contributed by atoms with E-state index in [-0.39, 0.29) is 5.41 Å². The van der Waals surface area contributed by atoms with Crippen LogP contribution in [0.15, 0.2) is 36.8 Å². The van der Waals surface area contributed by atoms with E-state index >= 15 is 0 Å². The maximum absolute atomic E-state index is 4.31. The van der Waals surface area contributed by atoms with Crippen LogP contribution in [0.25, 0.3) is 5.69 Å². The van der Waals surface area contributed by atoms with Crippen molar-refractivity contribution in [3.8, 4) is 5.69 Å². The summed E-state index contributed by atoms with van der Waals surface area (Å²) in [6.07, 6.45) is 3.85. The highest BCUT2D eigenvalue weighted by atomic mass is 15.1. The maximum atomic E-state index is 4.31. The molecule has 1 aromatic carbocycles. The van der Waals surface area contributed by atoms with Gasteiger partial charge in [-0.1, -0.05) is 39.0 Å². The molecule has 2 rings (SSSR count). The highest BCUT2D eigenvalue weighted by Crippen LogP contribution is 2.26. The van der Waals surface area contributed by atoms with Gasteiger partial charge in [0, 0.05) is 23.9 Å². The van der Waals surface area contributed by atoms with Crippen molar-refractivity contribution >= 4 is 0 Å². The van der Waals surface area contributed by atoms with Gasteiger partial charge in [-0.3, -0.25) is 0 Å². The molecule has 0 aliphatic heterocycles. The number of benzene rings is 1. The Labute approximate surface area is 109 Å². The van der Waals surface area contributed by atoms with E-state index in [0.717, 1.165) is 6.54 Å². The van der Waals surface area contributed by atoms with Crippen LogP contribution in [0.4, 0.5) is 0 Å². The quantitative estimate of drug-likeness (QED) is 0.898. The van der Waals surface area contributed by atoms with Crippen molar-refractivity contribution in [3.05, 3.63) is 48.0 Å². The smallest absolute Gasteiger partial charge is 0.0994 e. The molecule has 96 valence electrons. The van der Waals surface area contributed by atoms with Crippen LogP contribution in [0.3, 0.4) is 0 Å². The number of rotatable bonds is 3. The number of para-hydroxylation sites is 1. The topological polar surface area (TPSA) is 29.9 Å². The molecule has 3 nitrogen and oxygen atoms in total. The lowest BCUT2D eigenvalue weighted by atomic mass is 9.92. The number of aromatic nitrogens is 2. The number of imidazole rings is 1. The first-order chi connectivity index (χ1) is 8.54. The zero-order chi connectivity index (χ0) is 13.2. The van der Waals surface area contributed by atoms with Crippen LogP contribution < -0.4 is 5.32 Å². The molecule has 1 heterocycles. The van der Waals surface area contributed by atoms with Crippen molar-refractivity contribution in [1.29, 1.82) is 0 Å². The molecule has 2 aromatic rings. The second kappa shape index (κ2) is 4.94. The number of nitrogens with one attached hydrogen (secondary N) is 1. The van der Waals surface area contributed by atoms with Gasteiger partial charge in [0.25, 0.3) is 0 Å². The van der Waals surface area contributed by atoms with Crippen molar-refractivity contribution in [2.75, 3.05) is 7.05 Å². The fourth-order valence-electron chi connectivity index (χ4n) is 2.13. The van der Waals surface area contributed by atoms with E-state index in [1.165, 1.54) is 16.9 Å². The monoisotopic (exact) mass is 243 g/mol. The van der Waals surface area contributed by atoms with E-state index < -0.39 is 0 Å². The summed E-state index contributed by atoms with van der Waals surface area (Å²) in [5.41, 5.74) is 3.80. The van der Waals surface area contributed by atoms with Gasteiger partial charge in [0.15, 0.2) is 0 Å². The molecule has 0 atom stereocenters. The molecule has 0 amide bonds. The largest absolute Gasteiger partial charge is 0.316 e. The minimum Gasteiger partial charge on any atom is -0.316 e. The summed E-state index contributed by atoms with van der Waals surface area (Å²) in [7, 11) is 1.97. The van der Waals surface area contributed by atoms with Crippen molar-refractivity contribution in [2.24, 2.45) is 0 Å². The highest BCUT2D eigenvalue weighted by molar-refractivity contribution is 5.43. The van der Waals surface area contributed by atoms with Crippen molar-refractivity contribution in [1.82, 2.24) is 14.9 Å². The zero-order valence-corrected chi connectivity index (χ0v) is 11.6. The molecule has 3 heteroatoms. The van der Waals surface area contributed by atoms with E-state index in [1.807, 2.05) is 19.6 Å². The van der Waals surface area contributed by atoms with Gasteiger partial charge in [0.05, 0.1) is 12.0 Å². The Morgan fingerprint density at radius 1 is 1.22 bits per heavy atom. The zero-order valence-electron chi connectivity index (χ0n) is 11.6. The molecule has 0 bridgehead atoms. The molecule has 0 aliphatic rings. The van der Waals surface area contributed by atoms with E-state index in [0.29, 0.717) is 0 Å². The molecular weight excluding hydrogens is 222 g/mol. The summed E-state index contributed by atoms with van der Waals surface area (Å²) in [5.74, 6) is 0. The lowest BCUT2D eigenvalue weighted by Gasteiger charge is -2.22. The van der Waals surface area contributed by atoms with E-state index in [4.69, 9.17) is 0 Å². The van der Waals surface area contributed by atoms with Crippen LogP contribution in [-0.4, -0.2) is 16.6 Å². The summed E-state index contributed by atoms with van der Waals surface area (Å²) in [6, 6.07) is 8.44. The fraction of sp³-hybridized carbons (Fsp3) is 0.400. The van der Waals surface area contributed by atoms with Gasteiger partial charge < -0.3 is 9.88 Å². The number of nitrogens with zero attached hydrogens (tertiary/aromatic N) is 2. The second-order valence-electron chi connectivity index (χ2n) is 5.56.